The Morgan fingerprint density at radius 3 is 3.20 bits per heavy atom. The van der Waals surface area contributed by atoms with Crippen LogP contribution in [0.2, 0.25) is 0 Å². The van der Waals surface area contributed by atoms with Crippen LogP contribution in [-0.2, 0) is 11.3 Å². The van der Waals surface area contributed by atoms with Crippen molar-refractivity contribution >= 4 is 22.2 Å². The topological polar surface area (TPSA) is 52.9 Å². The molecule has 0 spiro atoms. The Kier molecular flexibility index (Phi) is 3.73. The second kappa shape index (κ2) is 5.51. The van der Waals surface area contributed by atoms with Gasteiger partial charge in [0, 0.05) is 58.0 Å². The van der Waals surface area contributed by atoms with Crippen LogP contribution in [0.3, 0.4) is 0 Å². The predicted molar refractivity (Wildman–Crippen MR) is 78.8 cm³/mol. The van der Waals surface area contributed by atoms with E-state index in [4.69, 9.17) is 0 Å². The monoisotopic (exact) mass is 293 g/mol. The maximum absolute atomic E-state index is 12.2. The third kappa shape index (κ3) is 2.56. The van der Waals surface area contributed by atoms with E-state index in [-0.39, 0.29) is 11.9 Å². The number of likely N-dealkylation sites (N-methyl/N-ethyl adjacent to an activating group) is 1. The van der Waals surface area contributed by atoms with Crippen LogP contribution in [0.4, 0.5) is 0 Å². The van der Waals surface area contributed by atoms with Gasteiger partial charge in [0.25, 0.3) is 0 Å². The van der Waals surface area contributed by atoms with Gasteiger partial charge in [0.2, 0.25) is 5.91 Å². The van der Waals surface area contributed by atoms with E-state index in [0.717, 1.165) is 30.3 Å². The maximum Gasteiger partial charge on any atom is 0.240 e. The van der Waals surface area contributed by atoms with Gasteiger partial charge in [-0.05, 0) is 0 Å². The number of nitrogens with zero attached hydrogens (tertiary/aromatic N) is 4. The van der Waals surface area contributed by atoms with Crippen molar-refractivity contribution in [2.75, 3.05) is 33.7 Å². The summed E-state index contributed by atoms with van der Waals surface area (Å²) in [6, 6.07) is -0.0986. The Morgan fingerprint density at radius 1 is 1.60 bits per heavy atom. The molecular weight excluding hydrogens is 274 g/mol. The van der Waals surface area contributed by atoms with Crippen molar-refractivity contribution in [2.24, 2.45) is 0 Å². The largest absolute Gasteiger partial charge is 0.347 e. The molecule has 1 aliphatic heterocycles. The number of carbonyl (C=O) groups is 1. The fourth-order valence-corrected chi connectivity index (χ4v) is 3.26. The van der Waals surface area contributed by atoms with Crippen LogP contribution >= 0.6 is 11.3 Å². The quantitative estimate of drug-likeness (QED) is 0.882. The highest BCUT2D eigenvalue weighted by molar-refractivity contribution is 7.15. The number of hydrogen-bond acceptors (Lipinski definition) is 5. The molecule has 0 aliphatic carbocycles. The van der Waals surface area contributed by atoms with E-state index in [0.29, 0.717) is 6.54 Å². The van der Waals surface area contributed by atoms with E-state index in [1.165, 1.54) is 0 Å². The minimum absolute atomic E-state index is 0.0986. The van der Waals surface area contributed by atoms with Crippen molar-refractivity contribution in [3.63, 3.8) is 0 Å². The zero-order valence-electron chi connectivity index (χ0n) is 11.7. The molecule has 1 atom stereocenters. The summed E-state index contributed by atoms with van der Waals surface area (Å²) in [7, 11) is 3.61. The van der Waals surface area contributed by atoms with Crippen molar-refractivity contribution in [3.05, 3.63) is 23.5 Å². The minimum Gasteiger partial charge on any atom is -0.347 e. The van der Waals surface area contributed by atoms with Gasteiger partial charge in [0.05, 0.1) is 5.69 Å². The van der Waals surface area contributed by atoms with Gasteiger partial charge in [0.1, 0.15) is 6.04 Å². The Hall–Kier alpha value is -1.44. The summed E-state index contributed by atoms with van der Waals surface area (Å²) in [5.74, 6) is 0.151. The summed E-state index contributed by atoms with van der Waals surface area (Å²) in [5, 5.41) is 5.32. The molecule has 0 saturated carbocycles. The van der Waals surface area contributed by atoms with E-state index in [9.17, 15) is 4.79 Å². The van der Waals surface area contributed by atoms with Gasteiger partial charge in [-0.1, -0.05) is 0 Å². The van der Waals surface area contributed by atoms with E-state index >= 15 is 0 Å². The lowest BCUT2D eigenvalue weighted by Crippen LogP contribution is -2.57. The maximum atomic E-state index is 12.2. The van der Waals surface area contributed by atoms with Gasteiger partial charge in [-0.2, -0.15) is 0 Å². The van der Waals surface area contributed by atoms with E-state index in [1.807, 2.05) is 36.3 Å². The number of amides is 1. The van der Waals surface area contributed by atoms with Crippen LogP contribution in [-0.4, -0.2) is 64.9 Å². The zero-order chi connectivity index (χ0) is 14.1. The molecule has 1 saturated heterocycles. The number of thiazole rings is 1. The number of fused-ring (bicyclic) bond motifs is 1. The molecule has 6 nitrogen and oxygen atoms in total. The summed E-state index contributed by atoms with van der Waals surface area (Å²) in [6.07, 6.45) is 4.06. The zero-order valence-corrected chi connectivity index (χ0v) is 12.6. The first kappa shape index (κ1) is 13.5. The second-order valence-corrected chi connectivity index (χ2v) is 6.12. The standard InChI is InChI=1S/C13H19N5OS/c1-16(2)12(19)11-7-14-3-4-17(11)8-10-9-18-5-6-20-13(18)15-10/h5-6,9,11,14H,3-4,7-8H2,1-2H3. The molecule has 108 valence electrons. The van der Waals surface area contributed by atoms with Crippen molar-refractivity contribution in [2.45, 2.75) is 12.6 Å². The van der Waals surface area contributed by atoms with Gasteiger partial charge < -0.3 is 10.2 Å². The first-order chi connectivity index (χ1) is 9.65. The lowest BCUT2D eigenvalue weighted by molar-refractivity contribution is -0.135. The smallest absolute Gasteiger partial charge is 0.240 e. The molecular formula is C13H19N5OS. The van der Waals surface area contributed by atoms with E-state index in [1.54, 1.807) is 16.2 Å². The van der Waals surface area contributed by atoms with Crippen molar-refractivity contribution in [1.29, 1.82) is 0 Å². The highest BCUT2D eigenvalue weighted by Gasteiger charge is 2.30. The number of nitrogens with one attached hydrogen (secondary N) is 1. The lowest BCUT2D eigenvalue weighted by Gasteiger charge is -2.35. The molecule has 0 bridgehead atoms. The third-order valence-corrected chi connectivity index (χ3v) is 4.36. The Labute approximate surface area is 122 Å². The molecule has 3 rings (SSSR count). The summed E-state index contributed by atoms with van der Waals surface area (Å²) in [4.78, 5) is 21.7. The lowest BCUT2D eigenvalue weighted by atomic mass is 10.1. The summed E-state index contributed by atoms with van der Waals surface area (Å²) >= 11 is 1.63. The first-order valence-electron chi connectivity index (χ1n) is 6.72. The number of carbonyl (C=O) groups excluding carboxylic acids is 1. The summed E-state index contributed by atoms with van der Waals surface area (Å²) in [6.45, 7) is 3.22. The van der Waals surface area contributed by atoms with Gasteiger partial charge >= 0.3 is 0 Å². The van der Waals surface area contributed by atoms with Crippen molar-refractivity contribution < 1.29 is 4.79 Å². The fourth-order valence-electron chi connectivity index (χ4n) is 2.54. The van der Waals surface area contributed by atoms with E-state index < -0.39 is 0 Å². The molecule has 20 heavy (non-hydrogen) atoms. The van der Waals surface area contributed by atoms with Crippen LogP contribution < -0.4 is 5.32 Å². The average molecular weight is 293 g/mol. The van der Waals surface area contributed by atoms with Crippen LogP contribution in [0, 0.1) is 0 Å². The molecule has 0 radical (unpaired) electrons. The Balaban J connectivity index is 1.76. The van der Waals surface area contributed by atoms with Crippen molar-refractivity contribution in [3.8, 4) is 0 Å². The highest BCUT2D eigenvalue weighted by atomic mass is 32.1. The summed E-state index contributed by atoms with van der Waals surface area (Å²) in [5.41, 5.74) is 1.02. The van der Waals surface area contributed by atoms with Gasteiger partial charge in [-0.3, -0.25) is 14.1 Å². The molecule has 1 N–H and O–H groups in total. The number of hydrogen-bond donors (Lipinski definition) is 1. The predicted octanol–water partition coefficient (Wildman–Crippen LogP) is 0.258. The number of imidazole rings is 1. The molecule has 2 aromatic heterocycles. The van der Waals surface area contributed by atoms with Crippen molar-refractivity contribution in [1.82, 2.24) is 24.5 Å². The SMILES string of the molecule is CN(C)C(=O)C1CNCCN1Cc1cn2ccsc2n1. The number of aromatic nitrogens is 2. The summed E-state index contributed by atoms with van der Waals surface area (Å²) < 4.78 is 2.03. The van der Waals surface area contributed by atoms with E-state index in [2.05, 4.69) is 15.2 Å². The molecule has 1 unspecified atom stereocenters. The van der Waals surface area contributed by atoms with Crippen LogP contribution in [0.15, 0.2) is 17.8 Å². The van der Waals surface area contributed by atoms with Gasteiger partial charge in [-0.15, -0.1) is 11.3 Å². The second-order valence-electron chi connectivity index (χ2n) is 5.25. The fraction of sp³-hybridized carbons (Fsp3) is 0.538. The minimum atomic E-state index is -0.0986. The molecule has 3 heterocycles. The first-order valence-corrected chi connectivity index (χ1v) is 7.60. The normalized spacial score (nSPS) is 20.4. The Bertz CT molecular complexity index is 576. The molecule has 1 amide bonds. The molecule has 0 aromatic carbocycles. The van der Waals surface area contributed by atoms with Gasteiger partial charge in [-0.25, -0.2) is 4.98 Å². The highest BCUT2D eigenvalue weighted by Crippen LogP contribution is 2.15. The van der Waals surface area contributed by atoms with Crippen LogP contribution in [0.5, 0.6) is 0 Å². The van der Waals surface area contributed by atoms with Gasteiger partial charge in [0.15, 0.2) is 4.96 Å². The average Bonchev–Trinajstić information content (AvgIpc) is 2.99. The molecule has 7 heteroatoms. The molecule has 2 aromatic rings. The number of rotatable bonds is 3. The van der Waals surface area contributed by atoms with Crippen LogP contribution in [0.1, 0.15) is 5.69 Å². The number of piperazine rings is 1. The van der Waals surface area contributed by atoms with Crippen LogP contribution in [0.25, 0.3) is 4.96 Å². The molecule has 1 fully saturated rings. The molecule has 1 aliphatic rings. The Morgan fingerprint density at radius 2 is 2.45 bits per heavy atom. The third-order valence-electron chi connectivity index (χ3n) is 3.59.